The highest BCUT2D eigenvalue weighted by atomic mass is 32.2. The number of hydrogen-bond donors (Lipinski definition) is 1. The first-order valence-corrected chi connectivity index (χ1v) is 10.1. The van der Waals surface area contributed by atoms with Crippen LogP contribution in [0.15, 0.2) is 47.9 Å². The van der Waals surface area contributed by atoms with Gasteiger partial charge in [-0.25, -0.2) is 13.4 Å². The van der Waals surface area contributed by atoms with Crippen LogP contribution in [0.5, 0.6) is 0 Å². The molecule has 2 atom stereocenters. The Bertz CT molecular complexity index is 823. The van der Waals surface area contributed by atoms with E-state index in [0.29, 0.717) is 19.5 Å². The molecule has 26 heavy (non-hydrogen) atoms. The van der Waals surface area contributed by atoms with E-state index in [1.165, 1.54) is 10.6 Å². The molecule has 1 aromatic carbocycles. The van der Waals surface area contributed by atoms with Crippen molar-refractivity contribution in [2.24, 2.45) is 0 Å². The lowest BCUT2D eigenvalue weighted by Gasteiger charge is -2.34. The Kier molecular flexibility index (Phi) is 5.67. The molecule has 1 amide bonds. The summed E-state index contributed by atoms with van der Waals surface area (Å²) < 4.78 is 28.9. The fourth-order valence-corrected chi connectivity index (χ4v) is 4.85. The fraction of sp³-hybridized carbons (Fsp3) is 0.471. The topological polar surface area (TPSA) is 97.2 Å². The van der Waals surface area contributed by atoms with Gasteiger partial charge < -0.3 is 5.32 Å². The summed E-state index contributed by atoms with van der Waals surface area (Å²) in [6.45, 7) is 2.69. The van der Waals surface area contributed by atoms with Gasteiger partial charge in [0, 0.05) is 12.6 Å². The predicted molar refractivity (Wildman–Crippen MR) is 95.6 cm³/mol. The third-order valence-electron chi connectivity index (χ3n) is 4.42. The number of carbonyl (C=O) groups is 1. The molecule has 0 spiro atoms. The average Bonchev–Trinajstić information content (AvgIpc) is 3.15. The zero-order chi connectivity index (χ0) is 18.6. The van der Waals surface area contributed by atoms with Crippen molar-refractivity contribution in [3.8, 4) is 0 Å². The minimum Gasteiger partial charge on any atom is -0.350 e. The number of amides is 1. The Morgan fingerprint density at radius 3 is 2.77 bits per heavy atom. The SMILES string of the molecule is CC(Cn1cncn1)NC(=O)C1CCCCN1S(=O)(=O)c1ccccc1. The van der Waals surface area contributed by atoms with Crippen LogP contribution < -0.4 is 5.32 Å². The molecule has 0 radical (unpaired) electrons. The molecule has 1 aliphatic heterocycles. The maximum absolute atomic E-state index is 13.0. The Morgan fingerprint density at radius 1 is 1.31 bits per heavy atom. The van der Waals surface area contributed by atoms with Crippen molar-refractivity contribution in [1.29, 1.82) is 0 Å². The summed E-state index contributed by atoms with van der Waals surface area (Å²) >= 11 is 0. The van der Waals surface area contributed by atoms with E-state index in [1.54, 1.807) is 41.3 Å². The molecule has 2 heterocycles. The van der Waals surface area contributed by atoms with Crippen LogP contribution >= 0.6 is 0 Å². The number of nitrogens with one attached hydrogen (secondary N) is 1. The van der Waals surface area contributed by atoms with E-state index in [2.05, 4.69) is 15.4 Å². The van der Waals surface area contributed by atoms with E-state index >= 15 is 0 Å². The predicted octanol–water partition coefficient (Wildman–Crippen LogP) is 1.03. The Labute approximate surface area is 153 Å². The third kappa shape index (κ3) is 4.10. The van der Waals surface area contributed by atoms with Crippen LogP contribution in [0.25, 0.3) is 0 Å². The second kappa shape index (κ2) is 7.96. The normalized spacial score (nSPS) is 19.8. The Hall–Kier alpha value is -2.26. The summed E-state index contributed by atoms with van der Waals surface area (Å²) in [5, 5.41) is 6.93. The summed E-state index contributed by atoms with van der Waals surface area (Å²) in [4.78, 5) is 16.9. The fourth-order valence-electron chi connectivity index (χ4n) is 3.17. The standard InChI is InChI=1S/C17H23N5O3S/c1-14(11-21-13-18-12-19-21)20-17(23)16-9-5-6-10-22(16)26(24,25)15-7-3-2-4-8-15/h2-4,7-8,12-14,16H,5-6,9-11H2,1H3,(H,20,23). The van der Waals surface area contributed by atoms with Gasteiger partial charge in [-0.05, 0) is 31.9 Å². The average molecular weight is 377 g/mol. The molecule has 8 nitrogen and oxygen atoms in total. The number of benzene rings is 1. The van der Waals surface area contributed by atoms with Crippen molar-refractivity contribution in [1.82, 2.24) is 24.4 Å². The quantitative estimate of drug-likeness (QED) is 0.811. The summed E-state index contributed by atoms with van der Waals surface area (Å²) in [6.07, 6.45) is 5.12. The van der Waals surface area contributed by atoms with Gasteiger partial charge in [0.1, 0.15) is 18.7 Å². The van der Waals surface area contributed by atoms with Crippen molar-refractivity contribution < 1.29 is 13.2 Å². The maximum atomic E-state index is 13.0. The monoisotopic (exact) mass is 377 g/mol. The Balaban J connectivity index is 1.73. The highest BCUT2D eigenvalue weighted by Crippen LogP contribution is 2.25. The molecule has 2 unspecified atom stereocenters. The molecule has 9 heteroatoms. The highest BCUT2D eigenvalue weighted by Gasteiger charge is 2.37. The van der Waals surface area contributed by atoms with Crippen LogP contribution in [0.3, 0.4) is 0 Å². The van der Waals surface area contributed by atoms with Gasteiger partial charge in [0.25, 0.3) is 0 Å². The van der Waals surface area contributed by atoms with E-state index in [0.717, 1.165) is 12.8 Å². The number of carbonyl (C=O) groups excluding carboxylic acids is 1. The van der Waals surface area contributed by atoms with Crippen molar-refractivity contribution >= 4 is 15.9 Å². The van der Waals surface area contributed by atoms with E-state index in [9.17, 15) is 13.2 Å². The number of aromatic nitrogens is 3. The minimum atomic E-state index is -3.70. The first-order valence-electron chi connectivity index (χ1n) is 8.68. The molecule has 1 fully saturated rings. The minimum absolute atomic E-state index is 0.188. The summed E-state index contributed by atoms with van der Waals surface area (Å²) in [5.41, 5.74) is 0. The van der Waals surface area contributed by atoms with Gasteiger partial charge in [-0.15, -0.1) is 0 Å². The zero-order valence-electron chi connectivity index (χ0n) is 14.7. The molecule has 0 saturated carbocycles. The molecule has 2 aromatic rings. The molecular weight excluding hydrogens is 354 g/mol. The first kappa shape index (κ1) is 18.5. The summed E-state index contributed by atoms with van der Waals surface area (Å²) in [7, 11) is -3.70. The van der Waals surface area contributed by atoms with Crippen molar-refractivity contribution in [2.45, 2.75) is 49.7 Å². The van der Waals surface area contributed by atoms with Crippen LogP contribution in [-0.2, 0) is 21.4 Å². The smallest absolute Gasteiger partial charge is 0.243 e. The van der Waals surface area contributed by atoms with Crippen molar-refractivity contribution in [3.63, 3.8) is 0 Å². The van der Waals surface area contributed by atoms with Crippen LogP contribution in [0.4, 0.5) is 0 Å². The molecule has 3 rings (SSSR count). The zero-order valence-corrected chi connectivity index (χ0v) is 15.5. The lowest BCUT2D eigenvalue weighted by molar-refractivity contribution is -0.126. The van der Waals surface area contributed by atoms with Gasteiger partial charge in [0.2, 0.25) is 15.9 Å². The molecule has 1 aromatic heterocycles. The van der Waals surface area contributed by atoms with Gasteiger partial charge >= 0.3 is 0 Å². The van der Waals surface area contributed by atoms with Crippen molar-refractivity contribution in [3.05, 3.63) is 43.0 Å². The second-order valence-corrected chi connectivity index (χ2v) is 8.36. The van der Waals surface area contributed by atoms with Gasteiger partial charge in [-0.2, -0.15) is 9.40 Å². The van der Waals surface area contributed by atoms with E-state index in [1.807, 2.05) is 6.92 Å². The molecular formula is C17H23N5O3S. The maximum Gasteiger partial charge on any atom is 0.243 e. The van der Waals surface area contributed by atoms with Crippen molar-refractivity contribution in [2.75, 3.05) is 6.54 Å². The molecule has 1 N–H and O–H groups in total. The third-order valence-corrected chi connectivity index (χ3v) is 6.34. The van der Waals surface area contributed by atoms with Crippen LogP contribution in [-0.4, -0.2) is 52.0 Å². The van der Waals surface area contributed by atoms with E-state index in [4.69, 9.17) is 0 Å². The largest absolute Gasteiger partial charge is 0.350 e. The van der Waals surface area contributed by atoms with Crippen LogP contribution in [0.2, 0.25) is 0 Å². The number of nitrogens with zero attached hydrogens (tertiary/aromatic N) is 4. The first-order chi connectivity index (χ1) is 12.5. The molecule has 0 aliphatic carbocycles. The highest BCUT2D eigenvalue weighted by molar-refractivity contribution is 7.89. The second-order valence-electron chi connectivity index (χ2n) is 6.47. The molecule has 0 bridgehead atoms. The number of hydrogen-bond acceptors (Lipinski definition) is 5. The Morgan fingerprint density at radius 2 is 2.08 bits per heavy atom. The van der Waals surface area contributed by atoms with Crippen LogP contribution in [0.1, 0.15) is 26.2 Å². The summed E-state index contributed by atoms with van der Waals surface area (Å²) in [6, 6.07) is 7.39. The van der Waals surface area contributed by atoms with Gasteiger partial charge in [-0.1, -0.05) is 24.6 Å². The van der Waals surface area contributed by atoms with Crippen LogP contribution in [0, 0.1) is 0 Å². The number of sulfonamides is 1. The lowest BCUT2D eigenvalue weighted by atomic mass is 10.0. The number of rotatable bonds is 6. The lowest BCUT2D eigenvalue weighted by Crippen LogP contribution is -2.53. The number of piperidine rings is 1. The van der Waals surface area contributed by atoms with Gasteiger partial charge in [0.05, 0.1) is 11.4 Å². The van der Waals surface area contributed by atoms with Gasteiger partial charge in [-0.3, -0.25) is 9.48 Å². The summed E-state index contributed by atoms with van der Waals surface area (Å²) in [5.74, 6) is -0.267. The van der Waals surface area contributed by atoms with Gasteiger partial charge in [0.15, 0.2) is 0 Å². The van der Waals surface area contributed by atoms with E-state index < -0.39 is 16.1 Å². The molecule has 1 saturated heterocycles. The molecule has 140 valence electrons. The molecule has 1 aliphatic rings. The van der Waals surface area contributed by atoms with E-state index in [-0.39, 0.29) is 16.8 Å².